The third kappa shape index (κ3) is 3.96. The maximum absolute atomic E-state index is 3.96. The van der Waals surface area contributed by atoms with Gasteiger partial charge < -0.3 is 0 Å². The van der Waals surface area contributed by atoms with E-state index in [0.717, 1.165) is 23.7 Å². The van der Waals surface area contributed by atoms with Gasteiger partial charge in [0.05, 0.1) is 25.2 Å². The molecule has 0 N–H and O–H groups in total. The van der Waals surface area contributed by atoms with Crippen LogP contribution in [0.5, 0.6) is 0 Å². The molecule has 0 spiro atoms. The molecule has 0 bridgehead atoms. The number of rotatable bonds is 5. The monoisotopic (exact) mass is 342 g/mol. The van der Waals surface area contributed by atoms with Gasteiger partial charge in [-0.1, -0.05) is 39.5 Å². The van der Waals surface area contributed by atoms with E-state index in [9.17, 15) is 0 Å². The number of allylic oxidation sites excluding steroid dienone is 5. The molecule has 0 saturated carbocycles. The lowest BCUT2D eigenvalue weighted by molar-refractivity contribution is -0.457. The molecule has 0 radical (unpaired) electrons. The Morgan fingerprint density at radius 2 is 2.04 bits per heavy atom. The molecule has 2 aromatic rings. The van der Waals surface area contributed by atoms with Gasteiger partial charge in [0.1, 0.15) is 5.70 Å². The molecule has 128 valence electrons. The lowest BCUT2D eigenvalue weighted by Gasteiger charge is -2.25. The third-order valence-electron chi connectivity index (χ3n) is 3.83. The number of pyridine rings is 1. The van der Waals surface area contributed by atoms with E-state index in [-0.39, 0.29) is 5.41 Å². The highest BCUT2D eigenvalue weighted by Crippen LogP contribution is 2.24. The van der Waals surface area contributed by atoms with E-state index in [0.29, 0.717) is 0 Å². The quantitative estimate of drug-likeness (QED) is 0.569. The molecule has 4 heteroatoms. The second kappa shape index (κ2) is 7.36. The summed E-state index contributed by atoms with van der Waals surface area (Å²) in [6.07, 6.45) is 10.1. The minimum absolute atomic E-state index is 0.238. The molecule has 0 aromatic carbocycles. The van der Waals surface area contributed by atoms with Crippen molar-refractivity contribution in [2.45, 2.75) is 27.7 Å². The van der Waals surface area contributed by atoms with Crippen LogP contribution in [0.3, 0.4) is 0 Å². The van der Waals surface area contributed by atoms with Crippen LogP contribution in [0, 0.1) is 5.41 Å². The highest BCUT2D eigenvalue weighted by atomic mass is 31.0. The number of aromatic nitrogens is 2. The highest BCUT2D eigenvalue weighted by Gasteiger charge is 2.22. The van der Waals surface area contributed by atoms with Gasteiger partial charge >= 0.3 is 0 Å². The largest absolute Gasteiger partial charge is 0.295 e. The minimum Gasteiger partial charge on any atom is -0.295 e. The molecule has 2 heterocycles. The van der Waals surface area contributed by atoms with Gasteiger partial charge in [-0.05, 0) is 36.6 Å². The van der Waals surface area contributed by atoms with Crippen molar-refractivity contribution < 1.29 is 4.34 Å². The van der Waals surface area contributed by atoms with Gasteiger partial charge in [0.15, 0.2) is 0 Å². The summed E-state index contributed by atoms with van der Waals surface area (Å²) in [5.74, 6) is 1.16. The molecule has 24 heavy (non-hydrogen) atoms. The molecular weight excluding hydrogens is 313 g/mol. The zero-order valence-corrected chi connectivity index (χ0v) is 16.6. The van der Waals surface area contributed by atoms with Crippen LogP contribution >= 0.6 is 9.39 Å². The van der Waals surface area contributed by atoms with Gasteiger partial charge in [0, 0.05) is 15.5 Å². The van der Waals surface area contributed by atoms with Crippen LogP contribution in [0.1, 0.15) is 27.7 Å². The van der Waals surface area contributed by atoms with E-state index in [1.807, 2.05) is 25.2 Å². The van der Waals surface area contributed by atoms with Gasteiger partial charge in [-0.2, -0.15) is 0 Å². The molecule has 2 rings (SSSR count). The van der Waals surface area contributed by atoms with Crippen LogP contribution in [0.2, 0.25) is 0 Å². The van der Waals surface area contributed by atoms with Crippen molar-refractivity contribution >= 4 is 31.9 Å². The summed E-state index contributed by atoms with van der Waals surface area (Å²) in [4.78, 5) is 2.30. The molecule has 3 nitrogen and oxygen atoms in total. The standard InChI is InChI=1S/C20H29N3P/c1-7-9-10-17(8-2)22-14-13-16-11-12-18(23(24)19(16)22)21(6)15-20(3,4)5/h7-14H,2,15,24H2,1,3-6H3/q+1/b9-7-,17-10+. The Labute approximate surface area is 148 Å². The lowest BCUT2D eigenvalue weighted by atomic mass is 9.96. The van der Waals surface area contributed by atoms with Crippen molar-refractivity contribution in [1.29, 1.82) is 0 Å². The molecule has 0 saturated heterocycles. The maximum atomic E-state index is 3.96. The zero-order chi connectivity index (χ0) is 17.9. The number of hydrogen-bond donors (Lipinski definition) is 0. The summed E-state index contributed by atoms with van der Waals surface area (Å²) in [5.41, 5.74) is 2.42. The summed E-state index contributed by atoms with van der Waals surface area (Å²) in [6, 6.07) is 6.49. The van der Waals surface area contributed by atoms with Crippen LogP contribution in [0.4, 0.5) is 5.82 Å². The maximum Gasteiger partial charge on any atom is 0.243 e. The zero-order valence-electron chi connectivity index (χ0n) is 15.5. The molecule has 1 atom stereocenters. The van der Waals surface area contributed by atoms with Crippen molar-refractivity contribution in [1.82, 2.24) is 4.57 Å². The predicted molar refractivity (Wildman–Crippen MR) is 109 cm³/mol. The van der Waals surface area contributed by atoms with E-state index in [1.165, 1.54) is 5.39 Å². The normalized spacial score (nSPS) is 13.0. The van der Waals surface area contributed by atoms with E-state index in [1.54, 1.807) is 0 Å². The summed E-state index contributed by atoms with van der Waals surface area (Å²) in [5, 5.41) is 1.20. The summed E-state index contributed by atoms with van der Waals surface area (Å²) in [7, 11) is 5.00. The molecule has 0 amide bonds. The van der Waals surface area contributed by atoms with Crippen LogP contribution in [-0.2, 0) is 0 Å². The van der Waals surface area contributed by atoms with E-state index >= 15 is 0 Å². The second-order valence-corrected chi connectivity index (χ2v) is 7.78. The molecule has 0 aliphatic heterocycles. The fourth-order valence-electron chi connectivity index (χ4n) is 2.93. The smallest absolute Gasteiger partial charge is 0.243 e. The van der Waals surface area contributed by atoms with Crippen LogP contribution < -0.4 is 9.24 Å². The van der Waals surface area contributed by atoms with E-state index < -0.39 is 0 Å². The molecule has 0 aliphatic carbocycles. The topological polar surface area (TPSA) is 12.1 Å². The Hall–Kier alpha value is -1.86. The average molecular weight is 342 g/mol. The third-order valence-corrected chi connectivity index (χ3v) is 4.33. The molecule has 0 aliphatic rings. The van der Waals surface area contributed by atoms with E-state index in [4.69, 9.17) is 0 Å². The van der Waals surface area contributed by atoms with Crippen molar-refractivity contribution in [3.8, 4) is 0 Å². The van der Waals surface area contributed by atoms with Crippen LogP contribution in [0.25, 0.3) is 16.7 Å². The van der Waals surface area contributed by atoms with Gasteiger partial charge in [0.25, 0.3) is 0 Å². The predicted octanol–water partition coefficient (Wildman–Crippen LogP) is 4.65. The molecule has 0 fully saturated rings. The Morgan fingerprint density at radius 3 is 2.62 bits per heavy atom. The number of hydrogen-bond acceptors (Lipinski definition) is 1. The molecule has 2 aromatic heterocycles. The van der Waals surface area contributed by atoms with Crippen molar-refractivity contribution in [3.63, 3.8) is 0 Å². The molecular formula is C20H29N3P+. The highest BCUT2D eigenvalue weighted by molar-refractivity contribution is 7.07. The van der Waals surface area contributed by atoms with Crippen molar-refractivity contribution in [3.05, 3.63) is 55.3 Å². The fourth-order valence-corrected chi connectivity index (χ4v) is 3.49. The summed E-state index contributed by atoms with van der Waals surface area (Å²) in [6.45, 7) is 13.7. The Morgan fingerprint density at radius 1 is 1.33 bits per heavy atom. The first-order valence-electron chi connectivity index (χ1n) is 8.26. The molecule has 1 unspecified atom stereocenters. The Balaban J connectivity index is 2.58. The van der Waals surface area contributed by atoms with Gasteiger partial charge in [-0.3, -0.25) is 4.90 Å². The minimum atomic E-state index is 0.238. The first kappa shape index (κ1) is 18.5. The van der Waals surface area contributed by atoms with Crippen LogP contribution in [-0.4, -0.2) is 18.2 Å². The lowest BCUT2D eigenvalue weighted by Crippen LogP contribution is -2.38. The van der Waals surface area contributed by atoms with Gasteiger partial charge in [-0.15, -0.1) is 0 Å². The second-order valence-electron chi connectivity index (χ2n) is 7.26. The van der Waals surface area contributed by atoms with Gasteiger partial charge in [0.2, 0.25) is 11.5 Å². The average Bonchev–Trinajstić information content (AvgIpc) is 2.91. The Kier molecular flexibility index (Phi) is 5.66. The first-order chi connectivity index (χ1) is 11.3. The summed E-state index contributed by atoms with van der Waals surface area (Å²) >= 11 is 0. The van der Waals surface area contributed by atoms with Crippen molar-refractivity contribution in [2.75, 3.05) is 18.5 Å². The first-order valence-corrected chi connectivity index (χ1v) is 8.78. The van der Waals surface area contributed by atoms with Crippen LogP contribution in [0.15, 0.2) is 55.3 Å². The number of fused-ring (bicyclic) bond motifs is 1. The fraction of sp³-hybridized carbons (Fsp3) is 0.350. The number of nitrogens with zero attached hydrogens (tertiary/aromatic N) is 3. The Bertz CT molecular complexity index is 791. The van der Waals surface area contributed by atoms with Gasteiger partial charge in [-0.25, -0.2) is 8.90 Å². The number of anilines is 1. The SMILES string of the molecule is C=C/C(=C\C=C/C)n1ccc2ccc(N(C)CC(C)(C)C)[n+](P)c21. The summed E-state index contributed by atoms with van der Waals surface area (Å²) < 4.78 is 4.35. The van der Waals surface area contributed by atoms with Crippen molar-refractivity contribution in [2.24, 2.45) is 5.41 Å². The van der Waals surface area contributed by atoms with E-state index in [2.05, 4.69) is 88.1 Å².